The van der Waals surface area contributed by atoms with Crippen LogP contribution in [0.15, 0.2) is 36.5 Å². The molecule has 3 rings (SSSR count). The molecule has 0 atom stereocenters. The second-order valence-corrected chi connectivity index (χ2v) is 4.26. The van der Waals surface area contributed by atoms with Crippen molar-refractivity contribution in [2.75, 3.05) is 0 Å². The third kappa shape index (κ3) is 1.85. The van der Waals surface area contributed by atoms with Gasteiger partial charge in [-0.2, -0.15) is 0 Å². The third-order valence-electron chi connectivity index (χ3n) is 3.01. The fourth-order valence-corrected chi connectivity index (χ4v) is 2.08. The monoisotopic (exact) mass is 253 g/mol. The van der Waals surface area contributed by atoms with Crippen LogP contribution in [-0.4, -0.2) is 26.0 Å². The number of H-pyrrole nitrogens is 1. The molecule has 94 valence electrons. The van der Waals surface area contributed by atoms with Gasteiger partial charge in [0, 0.05) is 17.1 Å². The summed E-state index contributed by atoms with van der Waals surface area (Å²) in [6.07, 6.45) is 1.73. The molecule has 0 aliphatic carbocycles. The number of hydrogen-bond acceptors (Lipinski definition) is 3. The topological polar surface area (TPSA) is 78.9 Å². The highest BCUT2D eigenvalue weighted by atomic mass is 16.4. The van der Waals surface area contributed by atoms with E-state index in [4.69, 9.17) is 5.11 Å². The zero-order valence-electron chi connectivity index (χ0n) is 10.2. The van der Waals surface area contributed by atoms with E-state index >= 15 is 0 Å². The van der Waals surface area contributed by atoms with E-state index < -0.39 is 5.97 Å². The van der Waals surface area contributed by atoms with Crippen molar-refractivity contribution in [3.05, 3.63) is 47.9 Å². The zero-order valence-corrected chi connectivity index (χ0v) is 10.2. The van der Waals surface area contributed by atoms with Crippen LogP contribution in [0.25, 0.3) is 22.3 Å². The SMILES string of the molecule is Cc1ccccc1-c1nc(C(=O)O)nc2[nH]ccc12. The third-order valence-corrected chi connectivity index (χ3v) is 3.01. The summed E-state index contributed by atoms with van der Waals surface area (Å²) in [6.45, 7) is 1.97. The van der Waals surface area contributed by atoms with E-state index in [0.29, 0.717) is 11.3 Å². The molecule has 0 saturated carbocycles. The summed E-state index contributed by atoms with van der Waals surface area (Å²) in [6, 6.07) is 9.59. The number of benzene rings is 1. The Kier molecular flexibility index (Phi) is 2.52. The molecule has 1 aromatic carbocycles. The van der Waals surface area contributed by atoms with Crippen LogP contribution in [0.1, 0.15) is 16.2 Å². The van der Waals surface area contributed by atoms with E-state index in [-0.39, 0.29) is 5.82 Å². The molecule has 19 heavy (non-hydrogen) atoms. The van der Waals surface area contributed by atoms with Crippen molar-refractivity contribution in [2.45, 2.75) is 6.92 Å². The molecule has 0 aliphatic heterocycles. The number of aryl methyl sites for hydroxylation is 1. The zero-order chi connectivity index (χ0) is 13.4. The van der Waals surface area contributed by atoms with Crippen LogP contribution in [0.3, 0.4) is 0 Å². The molecular formula is C14H11N3O2. The Morgan fingerprint density at radius 3 is 2.74 bits per heavy atom. The lowest BCUT2D eigenvalue weighted by atomic mass is 10.0. The average molecular weight is 253 g/mol. The van der Waals surface area contributed by atoms with E-state index in [1.807, 2.05) is 37.3 Å². The molecule has 0 aliphatic rings. The molecule has 2 aromatic heterocycles. The molecule has 0 unspecified atom stereocenters. The van der Waals surface area contributed by atoms with Crippen molar-refractivity contribution >= 4 is 17.0 Å². The number of aromatic nitrogens is 3. The minimum atomic E-state index is -1.13. The number of aromatic carboxylic acids is 1. The Morgan fingerprint density at radius 2 is 2.00 bits per heavy atom. The van der Waals surface area contributed by atoms with E-state index in [0.717, 1.165) is 16.5 Å². The van der Waals surface area contributed by atoms with E-state index in [1.165, 1.54) is 0 Å². The van der Waals surface area contributed by atoms with E-state index in [9.17, 15) is 4.79 Å². The van der Waals surface area contributed by atoms with Crippen LogP contribution in [-0.2, 0) is 0 Å². The van der Waals surface area contributed by atoms with Crippen LogP contribution < -0.4 is 0 Å². The lowest BCUT2D eigenvalue weighted by molar-refractivity contribution is 0.0684. The van der Waals surface area contributed by atoms with Gasteiger partial charge in [0.05, 0.1) is 5.69 Å². The molecule has 2 heterocycles. The average Bonchev–Trinajstić information content (AvgIpc) is 2.86. The second kappa shape index (κ2) is 4.20. The first-order valence-electron chi connectivity index (χ1n) is 5.81. The number of carbonyl (C=O) groups is 1. The van der Waals surface area contributed by atoms with E-state index in [2.05, 4.69) is 15.0 Å². The van der Waals surface area contributed by atoms with Gasteiger partial charge in [0.1, 0.15) is 5.65 Å². The lowest BCUT2D eigenvalue weighted by Gasteiger charge is -2.07. The Labute approximate surface area is 109 Å². The Bertz CT molecular complexity index is 777. The number of hydrogen-bond donors (Lipinski definition) is 2. The van der Waals surface area contributed by atoms with Crippen molar-refractivity contribution in [1.29, 1.82) is 0 Å². The molecule has 0 spiro atoms. The summed E-state index contributed by atoms with van der Waals surface area (Å²) < 4.78 is 0. The van der Waals surface area contributed by atoms with Crippen LogP contribution in [0.4, 0.5) is 0 Å². The number of carboxylic acid groups (broad SMARTS) is 1. The highest BCUT2D eigenvalue weighted by molar-refractivity contribution is 5.95. The molecule has 5 nitrogen and oxygen atoms in total. The Balaban J connectivity index is 2.36. The quantitative estimate of drug-likeness (QED) is 0.735. The predicted molar refractivity (Wildman–Crippen MR) is 71.0 cm³/mol. The Morgan fingerprint density at radius 1 is 1.21 bits per heavy atom. The number of carboxylic acids is 1. The standard InChI is InChI=1S/C14H11N3O2/c1-8-4-2-3-5-9(8)11-10-6-7-15-12(10)17-13(16-11)14(18)19/h2-7H,1H3,(H,18,19)(H,15,16,17). The van der Waals surface area contributed by atoms with Gasteiger partial charge < -0.3 is 10.1 Å². The minimum absolute atomic E-state index is 0.201. The number of fused-ring (bicyclic) bond motifs is 1. The molecule has 0 bridgehead atoms. The van der Waals surface area contributed by atoms with Gasteiger partial charge in [0.25, 0.3) is 0 Å². The van der Waals surface area contributed by atoms with Gasteiger partial charge in [-0.1, -0.05) is 24.3 Å². The summed E-state index contributed by atoms with van der Waals surface area (Å²) in [4.78, 5) is 22.2. The highest BCUT2D eigenvalue weighted by Gasteiger charge is 2.15. The maximum absolute atomic E-state index is 11.1. The van der Waals surface area contributed by atoms with Gasteiger partial charge in [-0.3, -0.25) is 0 Å². The summed E-state index contributed by atoms with van der Waals surface area (Å²) in [5, 5.41) is 9.90. The van der Waals surface area contributed by atoms with Gasteiger partial charge in [-0.25, -0.2) is 14.8 Å². The number of aromatic amines is 1. The normalized spacial score (nSPS) is 10.8. The van der Waals surface area contributed by atoms with E-state index in [1.54, 1.807) is 6.20 Å². The Hall–Kier alpha value is -2.69. The van der Waals surface area contributed by atoms with Crippen molar-refractivity contribution in [3.8, 4) is 11.3 Å². The molecule has 3 aromatic rings. The fraction of sp³-hybridized carbons (Fsp3) is 0.0714. The molecular weight excluding hydrogens is 242 g/mol. The first kappa shape index (κ1) is 11.4. The van der Waals surface area contributed by atoms with Crippen LogP contribution in [0, 0.1) is 6.92 Å². The summed E-state index contributed by atoms with van der Waals surface area (Å²) in [5.41, 5.74) is 3.13. The first-order valence-corrected chi connectivity index (χ1v) is 5.81. The van der Waals surface area contributed by atoms with Gasteiger partial charge in [0.15, 0.2) is 0 Å². The fourth-order valence-electron chi connectivity index (χ4n) is 2.08. The van der Waals surface area contributed by atoms with Gasteiger partial charge in [-0.15, -0.1) is 0 Å². The summed E-state index contributed by atoms with van der Waals surface area (Å²) in [7, 11) is 0. The van der Waals surface area contributed by atoms with Crippen molar-refractivity contribution in [2.24, 2.45) is 0 Å². The van der Waals surface area contributed by atoms with Gasteiger partial charge >= 0.3 is 5.97 Å². The molecule has 0 amide bonds. The largest absolute Gasteiger partial charge is 0.475 e. The van der Waals surface area contributed by atoms with Crippen LogP contribution in [0.2, 0.25) is 0 Å². The summed E-state index contributed by atoms with van der Waals surface area (Å²) >= 11 is 0. The van der Waals surface area contributed by atoms with Gasteiger partial charge in [0.2, 0.25) is 5.82 Å². The first-order chi connectivity index (χ1) is 9.16. The lowest BCUT2D eigenvalue weighted by Crippen LogP contribution is -2.05. The van der Waals surface area contributed by atoms with Gasteiger partial charge in [-0.05, 0) is 18.6 Å². The smallest absolute Gasteiger partial charge is 0.374 e. The number of nitrogens with zero attached hydrogens (tertiary/aromatic N) is 2. The maximum Gasteiger partial charge on any atom is 0.374 e. The van der Waals surface area contributed by atoms with Crippen LogP contribution >= 0.6 is 0 Å². The number of rotatable bonds is 2. The molecule has 0 saturated heterocycles. The number of nitrogens with one attached hydrogen (secondary N) is 1. The van der Waals surface area contributed by atoms with Crippen LogP contribution in [0.5, 0.6) is 0 Å². The summed E-state index contributed by atoms with van der Waals surface area (Å²) in [5.74, 6) is -1.33. The van der Waals surface area contributed by atoms with Crippen molar-refractivity contribution < 1.29 is 9.90 Å². The van der Waals surface area contributed by atoms with Crippen molar-refractivity contribution in [1.82, 2.24) is 15.0 Å². The highest BCUT2D eigenvalue weighted by Crippen LogP contribution is 2.27. The maximum atomic E-state index is 11.1. The molecule has 0 radical (unpaired) electrons. The predicted octanol–water partition coefficient (Wildman–Crippen LogP) is 2.63. The molecule has 2 N–H and O–H groups in total. The second-order valence-electron chi connectivity index (χ2n) is 4.26. The molecule has 5 heteroatoms. The minimum Gasteiger partial charge on any atom is -0.475 e. The molecule has 0 fully saturated rings. The van der Waals surface area contributed by atoms with Crippen molar-refractivity contribution in [3.63, 3.8) is 0 Å².